The highest BCUT2D eigenvalue weighted by atomic mass is 16.6. The molecule has 0 saturated carbocycles. The van der Waals surface area contributed by atoms with Crippen molar-refractivity contribution in [2.24, 2.45) is 5.92 Å². The predicted octanol–water partition coefficient (Wildman–Crippen LogP) is 1.70. The Bertz CT molecular complexity index is 230. The summed E-state index contributed by atoms with van der Waals surface area (Å²) in [6.07, 6.45) is 1.76. The summed E-state index contributed by atoms with van der Waals surface area (Å²) in [7, 11) is 0. The van der Waals surface area contributed by atoms with Crippen molar-refractivity contribution < 1.29 is 14.3 Å². The average Bonchev–Trinajstić information content (AvgIpc) is 2.19. The van der Waals surface area contributed by atoms with Gasteiger partial charge in [-0.1, -0.05) is 0 Å². The van der Waals surface area contributed by atoms with Crippen LogP contribution in [-0.4, -0.2) is 17.4 Å². The van der Waals surface area contributed by atoms with Crippen molar-refractivity contribution in [3.05, 3.63) is 0 Å². The van der Waals surface area contributed by atoms with Gasteiger partial charge < -0.3 is 9.53 Å². The van der Waals surface area contributed by atoms with E-state index in [2.05, 4.69) is 0 Å². The first-order valence-electron chi connectivity index (χ1n) is 4.63. The van der Waals surface area contributed by atoms with E-state index in [9.17, 15) is 9.59 Å². The van der Waals surface area contributed by atoms with Crippen molar-refractivity contribution in [3.8, 4) is 0 Å². The summed E-state index contributed by atoms with van der Waals surface area (Å²) in [5.74, 6) is 0.234. The second kappa shape index (κ2) is 3.48. The third-order valence-corrected chi connectivity index (χ3v) is 2.62. The molecule has 0 aromatic rings. The largest absolute Gasteiger partial charge is 0.459 e. The van der Waals surface area contributed by atoms with Gasteiger partial charge in [0.2, 0.25) is 0 Å². The number of carbonyl (C=O) groups is 2. The quantitative estimate of drug-likeness (QED) is 0.627. The first-order valence-corrected chi connectivity index (χ1v) is 4.63. The van der Waals surface area contributed by atoms with Gasteiger partial charge in [-0.2, -0.15) is 0 Å². The minimum absolute atomic E-state index is 0.140. The van der Waals surface area contributed by atoms with Crippen LogP contribution in [0.25, 0.3) is 0 Å². The Labute approximate surface area is 78.5 Å². The Morgan fingerprint density at radius 2 is 2.23 bits per heavy atom. The number of cyclic esters (lactones) is 1. The van der Waals surface area contributed by atoms with E-state index in [1.54, 1.807) is 6.92 Å². The summed E-state index contributed by atoms with van der Waals surface area (Å²) >= 11 is 0. The number of ether oxygens (including phenoxy) is 1. The minimum Gasteiger partial charge on any atom is -0.459 e. The van der Waals surface area contributed by atoms with E-state index in [4.69, 9.17) is 4.74 Å². The zero-order valence-electron chi connectivity index (χ0n) is 8.42. The third kappa shape index (κ3) is 2.54. The van der Waals surface area contributed by atoms with Crippen LogP contribution in [0, 0.1) is 5.92 Å². The molecule has 1 fully saturated rings. The topological polar surface area (TPSA) is 43.4 Å². The first-order chi connectivity index (χ1) is 5.92. The van der Waals surface area contributed by atoms with E-state index in [-0.39, 0.29) is 23.3 Å². The molecule has 1 atom stereocenters. The van der Waals surface area contributed by atoms with E-state index in [0.717, 1.165) is 6.42 Å². The van der Waals surface area contributed by atoms with Crippen LogP contribution in [0.3, 0.4) is 0 Å². The van der Waals surface area contributed by atoms with Crippen molar-refractivity contribution in [3.63, 3.8) is 0 Å². The van der Waals surface area contributed by atoms with Crippen LogP contribution in [-0.2, 0) is 14.3 Å². The fourth-order valence-corrected chi connectivity index (χ4v) is 1.69. The lowest BCUT2D eigenvalue weighted by molar-refractivity contribution is -0.146. The minimum atomic E-state index is -0.382. The van der Waals surface area contributed by atoms with Gasteiger partial charge >= 0.3 is 5.97 Å². The summed E-state index contributed by atoms with van der Waals surface area (Å²) in [5.41, 5.74) is -0.382. The molecule has 74 valence electrons. The molecule has 1 heterocycles. The molecule has 1 aliphatic rings. The maximum Gasteiger partial charge on any atom is 0.306 e. The highest BCUT2D eigenvalue weighted by molar-refractivity contribution is 5.76. The van der Waals surface area contributed by atoms with Gasteiger partial charge in [0.25, 0.3) is 0 Å². The van der Waals surface area contributed by atoms with Crippen molar-refractivity contribution >= 4 is 11.8 Å². The fourth-order valence-electron chi connectivity index (χ4n) is 1.69. The number of ketones is 1. The van der Waals surface area contributed by atoms with Crippen LogP contribution in [0.1, 0.15) is 40.0 Å². The van der Waals surface area contributed by atoms with Gasteiger partial charge in [0.15, 0.2) is 0 Å². The van der Waals surface area contributed by atoms with Crippen LogP contribution in [0.15, 0.2) is 0 Å². The van der Waals surface area contributed by atoms with Crippen LogP contribution in [0.4, 0.5) is 0 Å². The molecule has 0 aliphatic carbocycles. The van der Waals surface area contributed by atoms with Crippen molar-refractivity contribution in [2.45, 2.75) is 45.6 Å². The fraction of sp³-hybridized carbons (Fsp3) is 0.800. The maximum absolute atomic E-state index is 11.0. The number of Topliss-reactive ketones (excluding diaryl/α,β-unsaturated/α-hetero) is 1. The predicted molar refractivity (Wildman–Crippen MR) is 48.2 cm³/mol. The highest BCUT2D eigenvalue weighted by Crippen LogP contribution is 2.35. The molecule has 0 aromatic heterocycles. The molecule has 0 aromatic carbocycles. The molecule has 13 heavy (non-hydrogen) atoms. The summed E-state index contributed by atoms with van der Waals surface area (Å²) in [6, 6.07) is 0. The molecule has 1 rings (SSSR count). The number of esters is 1. The lowest BCUT2D eigenvalue weighted by Gasteiger charge is -2.24. The summed E-state index contributed by atoms with van der Waals surface area (Å²) in [4.78, 5) is 21.8. The Hall–Kier alpha value is -0.860. The van der Waals surface area contributed by atoms with Gasteiger partial charge in [0.1, 0.15) is 11.4 Å². The van der Waals surface area contributed by atoms with Crippen LogP contribution in [0.5, 0.6) is 0 Å². The average molecular weight is 184 g/mol. The van der Waals surface area contributed by atoms with Crippen molar-refractivity contribution in [2.75, 3.05) is 0 Å². The number of hydrogen-bond donors (Lipinski definition) is 0. The Morgan fingerprint density at radius 3 is 2.62 bits per heavy atom. The first kappa shape index (κ1) is 10.2. The standard InChI is InChI=1S/C10H16O3/c1-7(11)4-5-8-6-9(12)13-10(8,2)3/h8H,4-6H2,1-3H3/t8-/m1/s1. The van der Waals surface area contributed by atoms with Crippen molar-refractivity contribution in [1.29, 1.82) is 0 Å². The second-order valence-electron chi connectivity index (χ2n) is 4.22. The van der Waals surface area contributed by atoms with E-state index < -0.39 is 0 Å². The summed E-state index contributed by atoms with van der Waals surface area (Å²) in [5, 5.41) is 0. The van der Waals surface area contributed by atoms with E-state index in [1.807, 2.05) is 13.8 Å². The lowest BCUT2D eigenvalue weighted by atomic mass is 9.86. The summed E-state index contributed by atoms with van der Waals surface area (Å²) < 4.78 is 5.14. The van der Waals surface area contributed by atoms with Gasteiger partial charge in [-0.3, -0.25) is 4.79 Å². The Balaban J connectivity index is 2.50. The molecular formula is C10H16O3. The molecule has 3 nitrogen and oxygen atoms in total. The lowest BCUT2D eigenvalue weighted by Crippen LogP contribution is -2.27. The number of carbonyl (C=O) groups excluding carboxylic acids is 2. The normalized spacial score (nSPS) is 25.8. The Morgan fingerprint density at radius 1 is 1.62 bits per heavy atom. The highest BCUT2D eigenvalue weighted by Gasteiger charge is 2.41. The SMILES string of the molecule is CC(=O)CC[C@@H]1CC(=O)OC1(C)C. The second-order valence-corrected chi connectivity index (χ2v) is 4.22. The molecule has 0 bridgehead atoms. The molecule has 0 amide bonds. The monoisotopic (exact) mass is 184 g/mol. The van der Waals surface area contributed by atoms with Gasteiger partial charge in [-0.25, -0.2) is 0 Å². The van der Waals surface area contributed by atoms with E-state index >= 15 is 0 Å². The zero-order valence-corrected chi connectivity index (χ0v) is 8.42. The van der Waals surface area contributed by atoms with Gasteiger partial charge in [-0.15, -0.1) is 0 Å². The van der Waals surface area contributed by atoms with Crippen LogP contribution >= 0.6 is 0 Å². The van der Waals surface area contributed by atoms with Crippen LogP contribution < -0.4 is 0 Å². The summed E-state index contributed by atoms with van der Waals surface area (Å²) in [6.45, 7) is 5.38. The van der Waals surface area contributed by atoms with E-state index in [0.29, 0.717) is 12.8 Å². The third-order valence-electron chi connectivity index (χ3n) is 2.62. The van der Waals surface area contributed by atoms with E-state index in [1.165, 1.54) is 0 Å². The molecule has 0 radical (unpaired) electrons. The molecule has 1 aliphatic heterocycles. The van der Waals surface area contributed by atoms with Gasteiger partial charge in [-0.05, 0) is 27.2 Å². The molecular weight excluding hydrogens is 168 g/mol. The zero-order chi connectivity index (χ0) is 10.1. The molecule has 0 spiro atoms. The molecule has 1 saturated heterocycles. The van der Waals surface area contributed by atoms with Gasteiger partial charge in [0, 0.05) is 12.3 Å². The smallest absolute Gasteiger partial charge is 0.306 e. The molecule has 0 N–H and O–H groups in total. The molecule has 3 heteroatoms. The number of hydrogen-bond acceptors (Lipinski definition) is 3. The van der Waals surface area contributed by atoms with Gasteiger partial charge in [0.05, 0.1) is 6.42 Å². The molecule has 0 unspecified atom stereocenters. The van der Waals surface area contributed by atoms with Crippen LogP contribution in [0.2, 0.25) is 0 Å². The Kier molecular flexibility index (Phi) is 2.74. The number of rotatable bonds is 3. The van der Waals surface area contributed by atoms with Crippen molar-refractivity contribution in [1.82, 2.24) is 0 Å². The maximum atomic E-state index is 11.0.